The lowest BCUT2D eigenvalue weighted by atomic mass is 10.2. The largest absolute Gasteiger partial charge is 0.373 e. The Morgan fingerprint density at radius 1 is 1.56 bits per heavy atom. The van der Waals surface area contributed by atoms with Gasteiger partial charge in [-0.05, 0) is 16.0 Å². The van der Waals surface area contributed by atoms with Gasteiger partial charge >= 0.3 is 5.82 Å². The van der Waals surface area contributed by atoms with Crippen LogP contribution in [0.1, 0.15) is 17.7 Å². The summed E-state index contributed by atoms with van der Waals surface area (Å²) in [5.74, 6) is -1.29. The van der Waals surface area contributed by atoms with Crippen molar-refractivity contribution in [1.29, 1.82) is 5.26 Å². The van der Waals surface area contributed by atoms with Crippen LogP contribution in [0.25, 0.3) is 0 Å². The molecule has 0 aliphatic heterocycles. The van der Waals surface area contributed by atoms with E-state index in [1.165, 1.54) is 6.07 Å². The third-order valence-corrected chi connectivity index (χ3v) is 3.11. The van der Waals surface area contributed by atoms with Gasteiger partial charge in [-0.2, -0.15) is 5.26 Å². The van der Waals surface area contributed by atoms with Gasteiger partial charge in [0.2, 0.25) is 0 Å². The van der Waals surface area contributed by atoms with Gasteiger partial charge in [0.1, 0.15) is 16.5 Å². The van der Waals surface area contributed by atoms with E-state index in [1.54, 1.807) is 0 Å². The smallest absolute Gasteiger partial charge is 0.358 e. The lowest BCUT2D eigenvalue weighted by molar-refractivity contribution is -0.391. The predicted octanol–water partition coefficient (Wildman–Crippen LogP) is 1.73. The zero-order chi connectivity index (χ0) is 14.1. The summed E-state index contributed by atoms with van der Waals surface area (Å²) >= 11 is 0. The van der Waals surface area contributed by atoms with Crippen molar-refractivity contribution in [2.75, 3.05) is 0 Å². The normalized spacial score (nSPS) is 11.3. The quantitative estimate of drug-likeness (QED) is 0.477. The lowest BCUT2D eigenvalue weighted by Crippen LogP contribution is -2.06. The molecule has 0 spiro atoms. The minimum atomic E-state index is -4.51. The van der Waals surface area contributed by atoms with Crippen LogP contribution in [0, 0.1) is 21.4 Å². The van der Waals surface area contributed by atoms with E-state index in [0.29, 0.717) is 0 Å². The van der Waals surface area contributed by atoms with Gasteiger partial charge < -0.3 is 10.1 Å². The molecule has 0 bridgehead atoms. The van der Waals surface area contributed by atoms with E-state index < -0.39 is 42.4 Å². The van der Waals surface area contributed by atoms with E-state index in [0.717, 1.165) is 0 Å². The van der Waals surface area contributed by atoms with E-state index in [-0.39, 0.29) is 6.07 Å². The number of alkyl halides is 2. The fourth-order valence-corrected chi connectivity index (χ4v) is 2.02. The maximum Gasteiger partial charge on any atom is 0.373 e. The van der Waals surface area contributed by atoms with Gasteiger partial charge in [0.05, 0.1) is 0 Å². The maximum atomic E-state index is 12.5. The molecule has 1 aromatic rings. The highest BCUT2D eigenvalue weighted by Crippen LogP contribution is 2.31. The fourth-order valence-electron chi connectivity index (χ4n) is 1.07. The molecule has 0 saturated heterocycles. The molecule has 1 aromatic heterocycles. The standard InChI is InChI=1S/C7H2ClF2N3O4S/c8-18(16,17)5-1-3(6(9)10)7(13(14)15)12-4(5)2-11/h1,6H. The summed E-state index contributed by atoms with van der Waals surface area (Å²) in [6.07, 6.45) is -3.33. The summed E-state index contributed by atoms with van der Waals surface area (Å²) in [5, 5.41) is 19.0. The summed E-state index contributed by atoms with van der Waals surface area (Å²) in [7, 11) is 0.405. The average Bonchev–Trinajstić information content (AvgIpc) is 2.25. The van der Waals surface area contributed by atoms with E-state index >= 15 is 0 Å². The molecule has 0 fully saturated rings. The highest BCUT2D eigenvalue weighted by molar-refractivity contribution is 8.13. The van der Waals surface area contributed by atoms with Crippen molar-refractivity contribution in [3.05, 3.63) is 27.4 Å². The second-order valence-corrected chi connectivity index (χ2v) is 5.39. The highest BCUT2D eigenvalue weighted by atomic mass is 35.7. The second kappa shape index (κ2) is 4.79. The second-order valence-electron chi connectivity index (χ2n) is 2.86. The van der Waals surface area contributed by atoms with Crippen LogP contribution in [0.5, 0.6) is 0 Å². The fraction of sp³-hybridized carbons (Fsp3) is 0.143. The summed E-state index contributed by atoms with van der Waals surface area (Å²) in [6.45, 7) is 0. The zero-order valence-electron chi connectivity index (χ0n) is 8.17. The van der Waals surface area contributed by atoms with Gasteiger partial charge in [-0.3, -0.25) is 0 Å². The van der Waals surface area contributed by atoms with Crippen LogP contribution in [-0.2, 0) is 9.05 Å². The predicted molar refractivity (Wildman–Crippen MR) is 53.6 cm³/mol. The maximum absolute atomic E-state index is 12.5. The molecule has 0 aromatic carbocycles. The van der Waals surface area contributed by atoms with E-state index in [2.05, 4.69) is 4.98 Å². The van der Waals surface area contributed by atoms with Gasteiger partial charge in [-0.1, -0.05) is 0 Å². The molecule has 1 rings (SSSR count). The highest BCUT2D eigenvalue weighted by Gasteiger charge is 2.31. The van der Waals surface area contributed by atoms with Crippen molar-refractivity contribution in [1.82, 2.24) is 4.98 Å². The van der Waals surface area contributed by atoms with Crippen molar-refractivity contribution in [3.63, 3.8) is 0 Å². The Morgan fingerprint density at radius 3 is 2.44 bits per heavy atom. The Labute approximate surface area is 103 Å². The molecule has 0 saturated carbocycles. The van der Waals surface area contributed by atoms with Gasteiger partial charge in [-0.15, -0.1) is 0 Å². The monoisotopic (exact) mass is 297 g/mol. The summed E-state index contributed by atoms with van der Waals surface area (Å²) in [6, 6.07) is 1.51. The number of nitriles is 1. The Bertz CT molecular complexity index is 655. The Kier molecular flexibility index (Phi) is 3.78. The van der Waals surface area contributed by atoms with Crippen LogP contribution in [0.4, 0.5) is 14.6 Å². The zero-order valence-corrected chi connectivity index (χ0v) is 9.74. The molecule has 0 atom stereocenters. The SMILES string of the molecule is N#Cc1nc([N+](=O)[O-])c(C(F)F)cc1S(=O)(=O)Cl. The topological polar surface area (TPSA) is 114 Å². The van der Waals surface area contributed by atoms with Crippen LogP contribution in [0.3, 0.4) is 0 Å². The molecule has 0 unspecified atom stereocenters. The Balaban J connectivity index is 3.75. The molecule has 18 heavy (non-hydrogen) atoms. The average molecular weight is 298 g/mol. The third-order valence-electron chi connectivity index (χ3n) is 1.77. The number of hydrogen-bond acceptors (Lipinski definition) is 6. The summed E-state index contributed by atoms with van der Waals surface area (Å²) in [4.78, 5) is 11.2. The molecule has 0 radical (unpaired) electrons. The van der Waals surface area contributed by atoms with E-state index in [4.69, 9.17) is 15.9 Å². The molecule has 0 amide bonds. The summed E-state index contributed by atoms with van der Waals surface area (Å²) < 4.78 is 47.1. The van der Waals surface area contributed by atoms with E-state index in [1.807, 2.05) is 0 Å². The molecule has 96 valence electrons. The first kappa shape index (κ1) is 14.2. The molecule has 0 aliphatic carbocycles. The lowest BCUT2D eigenvalue weighted by Gasteiger charge is -2.03. The van der Waals surface area contributed by atoms with Gasteiger partial charge in [-0.25, -0.2) is 17.2 Å². The number of aromatic nitrogens is 1. The van der Waals surface area contributed by atoms with Crippen molar-refractivity contribution in [3.8, 4) is 6.07 Å². The van der Waals surface area contributed by atoms with Crippen molar-refractivity contribution < 1.29 is 22.1 Å². The third kappa shape index (κ3) is 2.69. The van der Waals surface area contributed by atoms with Gasteiger partial charge in [0.15, 0.2) is 0 Å². The molecule has 1 heterocycles. The summed E-state index contributed by atoms with van der Waals surface area (Å²) in [5.41, 5.74) is -2.14. The molecular formula is C7H2ClF2N3O4S. The van der Waals surface area contributed by atoms with Crippen molar-refractivity contribution >= 4 is 25.6 Å². The number of hydrogen-bond donors (Lipinski definition) is 0. The Morgan fingerprint density at radius 2 is 2.11 bits per heavy atom. The number of pyridine rings is 1. The van der Waals surface area contributed by atoms with Crippen LogP contribution < -0.4 is 0 Å². The van der Waals surface area contributed by atoms with Crippen LogP contribution in [-0.4, -0.2) is 18.3 Å². The Hall–Kier alpha value is -1.86. The van der Waals surface area contributed by atoms with Crippen LogP contribution >= 0.6 is 10.7 Å². The van der Waals surface area contributed by atoms with Crippen molar-refractivity contribution in [2.24, 2.45) is 0 Å². The van der Waals surface area contributed by atoms with Crippen LogP contribution in [0.2, 0.25) is 0 Å². The van der Waals surface area contributed by atoms with Gasteiger partial charge in [0.25, 0.3) is 21.2 Å². The number of nitro groups is 1. The van der Waals surface area contributed by atoms with E-state index in [9.17, 15) is 27.3 Å². The van der Waals surface area contributed by atoms with Gasteiger partial charge in [0, 0.05) is 10.7 Å². The first-order valence-corrected chi connectivity index (χ1v) is 6.31. The minimum Gasteiger partial charge on any atom is -0.358 e. The molecule has 11 heteroatoms. The minimum absolute atomic E-state index is 0.274. The number of nitrogens with zero attached hydrogens (tertiary/aromatic N) is 3. The number of halogens is 3. The molecule has 7 nitrogen and oxygen atoms in total. The van der Waals surface area contributed by atoms with Crippen molar-refractivity contribution in [2.45, 2.75) is 11.3 Å². The number of rotatable bonds is 3. The molecular weight excluding hydrogens is 296 g/mol. The molecule has 0 N–H and O–H groups in total. The molecule has 0 aliphatic rings. The van der Waals surface area contributed by atoms with Crippen LogP contribution in [0.15, 0.2) is 11.0 Å². The first-order valence-electron chi connectivity index (χ1n) is 4.00. The first-order chi connectivity index (χ1) is 8.18.